The maximum atomic E-state index is 12.9. The van der Waals surface area contributed by atoms with Crippen LogP contribution in [-0.4, -0.2) is 39.0 Å². The van der Waals surface area contributed by atoms with Gasteiger partial charge in [0.15, 0.2) is 6.04 Å². The van der Waals surface area contributed by atoms with Gasteiger partial charge in [-0.3, -0.25) is 9.69 Å². The Kier molecular flexibility index (Phi) is 4.47. The average Bonchev–Trinajstić information content (AvgIpc) is 2.86. The fourth-order valence-electron chi connectivity index (χ4n) is 3.19. The fourth-order valence-corrected chi connectivity index (χ4v) is 3.19. The highest BCUT2D eigenvalue weighted by Crippen LogP contribution is 2.38. The zero-order valence-electron chi connectivity index (χ0n) is 15.0. The van der Waals surface area contributed by atoms with E-state index in [1.54, 1.807) is 4.90 Å². The van der Waals surface area contributed by atoms with E-state index in [1.807, 2.05) is 75.6 Å². The van der Waals surface area contributed by atoms with Crippen molar-refractivity contribution < 1.29 is 4.79 Å². The molecule has 2 aromatic carbocycles. The van der Waals surface area contributed by atoms with Crippen molar-refractivity contribution in [3.8, 4) is 6.07 Å². The Bertz CT molecular complexity index is 834. The number of benzene rings is 2. The monoisotopic (exact) mass is 334 g/mol. The van der Waals surface area contributed by atoms with Gasteiger partial charge in [0, 0.05) is 43.1 Å². The Morgan fingerprint density at radius 2 is 1.76 bits per heavy atom. The first-order chi connectivity index (χ1) is 11.9. The summed E-state index contributed by atoms with van der Waals surface area (Å²) in [6.45, 7) is 0.775. The lowest BCUT2D eigenvalue weighted by Crippen LogP contribution is -2.26. The fraction of sp³-hybridized carbons (Fsp3) is 0.300. The molecular formula is C20H22N4O. The van der Waals surface area contributed by atoms with Crippen molar-refractivity contribution in [1.29, 1.82) is 5.26 Å². The molecule has 0 N–H and O–H groups in total. The highest BCUT2D eigenvalue weighted by Gasteiger charge is 2.38. The van der Waals surface area contributed by atoms with Crippen LogP contribution in [-0.2, 0) is 6.54 Å². The van der Waals surface area contributed by atoms with E-state index in [9.17, 15) is 10.1 Å². The van der Waals surface area contributed by atoms with Crippen molar-refractivity contribution in [3.63, 3.8) is 0 Å². The summed E-state index contributed by atoms with van der Waals surface area (Å²) in [6.07, 6.45) is 0. The minimum Gasteiger partial charge on any atom is -0.378 e. The van der Waals surface area contributed by atoms with Gasteiger partial charge in [-0.1, -0.05) is 12.1 Å². The Labute approximate surface area is 148 Å². The maximum Gasteiger partial charge on any atom is 0.260 e. The molecule has 0 radical (unpaired) electrons. The number of hydrogen-bond acceptors (Lipinski definition) is 4. The SMILES string of the molecule is CN(C)Cc1ccc2c(c1)C(C#N)N(c1ccc(N(C)C)cc1)C2=O. The zero-order valence-corrected chi connectivity index (χ0v) is 15.0. The van der Waals surface area contributed by atoms with Crippen LogP contribution in [0.1, 0.15) is 27.5 Å². The number of nitriles is 1. The van der Waals surface area contributed by atoms with E-state index in [-0.39, 0.29) is 5.91 Å². The second-order valence-electron chi connectivity index (χ2n) is 6.78. The van der Waals surface area contributed by atoms with Crippen molar-refractivity contribution in [2.24, 2.45) is 0 Å². The summed E-state index contributed by atoms with van der Waals surface area (Å²) in [4.78, 5) is 18.5. The lowest BCUT2D eigenvalue weighted by molar-refractivity contribution is 0.0994. The smallest absolute Gasteiger partial charge is 0.260 e. The third-order valence-corrected chi connectivity index (χ3v) is 4.38. The van der Waals surface area contributed by atoms with Crippen molar-refractivity contribution in [1.82, 2.24) is 4.90 Å². The Morgan fingerprint density at radius 1 is 1.08 bits per heavy atom. The van der Waals surface area contributed by atoms with Gasteiger partial charge < -0.3 is 9.80 Å². The average molecular weight is 334 g/mol. The van der Waals surface area contributed by atoms with Gasteiger partial charge in [-0.05, 0) is 50.0 Å². The molecule has 1 atom stereocenters. The number of anilines is 2. The van der Waals surface area contributed by atoms with Crippen LogP contribution in [0.2, 0.25) is 0 Å². The zero-order chi connectivity index (χ0) is 18.1. The molecule has 5 heteroatoms. The van der Waals surface area contributed by atoms with Crippen LogP contribution in [0.15, 0.2) is 42.5 Å². The summed E-state index contributed by atoms with van der Waals surface area (Å²) in [5.41, 5.74) is 4.30. The molecule has 1 heterocycles. The first-order valence-electron chi connectivity index (χ1n) is 8.20. The molecule has 0 bridgehead atoms. The Hall–Kier alpha value is -2.84. The molecule has 5 nitrogen and oxygen atoms in total. The van der Waals surface area contributed by atoms with Gasteiger partial charge in [0.25, 0.3) is 5.91 Å². The quantitative estimate of drug-likeness (QED) is 0.862. The van der Waals surface area contributed by atoms with E-state index >= 15 is 0 Å². The van der Waals surface area contributed by atoms with Crippen molar-refractivity contribution in [2.75, 3.05) is 38.0 Å². The molecule has 1 amide bonds. The molecule has 3 rings (SSSR count). The van der Waals surface area contributed by atoms with Crippen LogP contribution in [0.4, 0.5) is 11.4 Å². The van der Waals surface area contributed by atoms with Crippen LogP contribution < -0.4 is 9.80 Å². The number of amides is 1. The van der Waals surface area contributed by atoms with Crippen LogP contribution in [0.25, 0.3) is 0 Å². The van der Waals surface area contributed by atoms with Crippen LogP contribution in [0.5, 0.6) is 0 Å². The van der Waals surface area contributed by atoms with Crippen LogP contribution in [0.3, 0.4) is 0 Å². The number of nitrogens with zero attached hydrogens (tertiary/aromatic N) is 4. The Balaban J connectivity index is 1.99. The number of rotatable bonds is 4. The molecule has 0 spiro atoms. The lowest BCUT2D eigenvalue weighted by atomic mass is 10.0. The van der Waals surface area contributed by atoms with Gasteiger partial charge in [-0.2, -0.15) is 5.26 Å². The molecule has 1 unspecified atom stereocenters. The number of fused-ring (bicyclic) bond motifs is 1. The van der Waals surface area contributed by atoms with Gasteiger partial charge in [-0.25, -0.2) is 0 Å². The van der Waals surface area contributed by atoms with Gasteiger partial charge in [-0.15, -0.1) is 0 Å². The first kappa shape index (κ1) is 17.0. The molecule has 1 aliphatic heterocycles. The van der Waals surface area contributed by atoms with Gasteiger partial charge >= 0.3 is 0 Å². The van der Waals surface area contributed by atoms with E-state index in [4.69, 9.17) is 0 Å². The lowest BCUT2D eigenvalue weighted by Gasteiger charge is -2.21. The minimum atomic E-state index is -0.588. The molecule has 1 aliphatic rings. The van der Waals surface area contributed by atoms with Crippen LogP contribution in [0, 0.1) is 11.3 Å². The maximum absolute atomic E-state index is 12.9. The Morgan fingerprint density at radius 3 is 2.32 bits per heavy atom. The van der Waals surface area contributed by atoms with E-state index in [0.29, 0.717) is 5.56 Å². The van der Waals surface area contributed by atoms with E-state index < -0.39 is 6.04 Å². The largest absolute Gasteiger partial charge is 0.378 e. The number of carbonyl (C=O) groups excluding carboxylic acids is 1. The van der Waals surface area contributed by atoms with Gasteiger partial charge in [0.2, 0.25) is 0 Å². The summed E-state index contributed by atoms with van der Waals surface area (Å²) in [7, 11) is 7.93. The second-order valence-corrected chi connectivity index (χ2v) is 6.78. The van der Waals surface area contributed by atoms with Gasteiger partial charge in [0.05, 0.1) is 6.07 Å². The summed E-state index contributed by atoms with van der Waals surface area (Å²) in [5, 5.41) is 9.72. The summed E-state index contributed by atoms with van der Waals surface area (Å²) in [6, 6.07) is 15.2. The summed E-state index contributed by atoms with van der Waals surface area (Å²) >= 11 is 0. The van der Waals surface area contributed by atoms with Crippen molar-refractivity contribution >= 4 is 17.3 Å². The summed E-state index contributed by atoms with van der Waals surface area (Å²) in [5.74, 6) is -0.115. The number of hydrogen-bond donors (Lipinski definition) is 0. The predicted molar refractivity (Wildman–Crippen MR) is 99.8 cm³/mol. The normalized spacial score (nSPS) is 16.1. The van der Waals surface area contributed by atoms with Crippen molar-refractivity contribution in [3.05, 3.63) is 59.2 Å². The highest BCUT2D eigenvalue weighted by atomic mass is 16.2. The molecule has 0 aromatic heterocycles. The highest BCUT2D eigenvalue weighted by molar-refractivity contribution is 6.11. The molecule has 128 valence electrons. The predicted octanol–water partition coefficient (Wildman–Crippen LogP) is 3.04. The molecule has 0 saturated carbocycles. The van der Waals surface area contributed by atoms with Gasteiger partial charge in [0.1, 0.15) is 0 Å². The van der Waals surface area contributed by atoms with Crippen molar-refractivity contribution in [2.45, 2.75) is 12.6 Å². The molecule has 0 aliphatic carbocycles. The topological polar surface area (TPSA) is 50.6 Å². The van der Waals surface area contributed by atoms with E-state index in [0.717, 1.165) is 29.0 Å². The molecular weight excluding hydrogens is 312 g/mol. The third-order valence-electron chi connectivity index (χ3n) is 4.38. The summed E-state index contributed by atoms with van der Waals surface area (Å²) < 4.78 is 0. The van der Waals surface area contributed by atoms with E-state index in [2.05, 4.69) is 11.0 Å². The second kappa shape index (κ2) is 6.58. The molecule has 2 aromatic rings. The molecule has 25 heavy (non-hydrogen) atoms. The standard InChI is InChI=1S/C20H22N4O/c1-22(2)13-14-5-10-17-18(11-14)19(12-21)24(20(17)25)16-8-6-15(7-9-16)23(3)4/h5-11,19H,13H2,1-4H3. The van der Waals surface area contributed by atoms with E-state index in [1.165, 1.54) is 0 Å². The number of carbonyl (C=O) groups is 1. The van der Waals surface area contributed by atoms with Crippen LogP contribution >= 0.6 is 0 Å². The first-order valence-corrected chi connectivity index (χ1v) is 8.20. The molecule has 0 fully saturated rings. The third kappa shape index (κ3) is 3.09. The molecule has 0 saturated heterocycles. The minimum absolute atomic E-state index is 0.115.